The molecule has 3 aliphatic heterocycles. The lowest BCUT2D eigenvalue weighted by Crippen LogP contribution is -2.43. The number of amides is 1. The molecule has 2 aromatic rings. The second kappa shape index (κ2) is 11.1. The fraction of sp³-hybridized carbons (Fsp3) is 0.581. The van der Waals surface area contributed by atoms with Gasteiger partial charge in [0, 0.05) is 37.9 Å². The molecule has 204 valence electrons. The van der Waals surface area contributed by atoms with Gasteiger partial charge in [0.25, 0.3) is 5.79 Å². The molecule has 0 radical (unpaired) electrons. The van der Waals surface area contributed by atoms with Crippen molar-refractivity contribution in [2.75, 3.05) is 33.3 Å². The first-order valence-corrected chi connectivity index (χ1v) is 14.4. The third-order valence-electron chi connectivity index (χ3n) is 8.97. The van der Waals surface area contributed by atoms with Crippen molar-refractivity contribution in [1.82, 2.24) is 10.2 Å². The molecule has 1 saturated carbocycles. The molecule has 2 atom stereocenters. The number of nitrogens with one attached hydrogen (secondary N) is 1. The van der Waals surface area contributed by atoms with Crippen LogP contribution in [0.5, 0.6) is 17.2 Å². The molecule has 38 heavy (non-hydrogen) atoms. The number of likely N-dealkylation sites (tertiary alicyclic amines) is 1. The van der Waals surface area contributed by atoms with Gasteiger partial charge in [-0.05, 0) is 80.4 Å². The Kier molecular flexibility index (Phi) is 7.48. The molecule has 1 amide bonds. The molecule has 6 rings (SSSR count). The Morgan fingerprint density at radius 3 is 2.58 bits per heavy atom. The van der Waals surface area contributed by atoms with E-state index in [1.165, 1.54) is 17.5 Å². The number of carbonyl (C=O) groups excluding carboxylic acids is 1. The fourth-order valence-electron chi connectivity index (χ4n) is 6.78. The summed E-state index contributed by atoms with van der Waals surface area (Å²) in [6.07, 6.45) is 10.3. The van der Waals surface area contributed by atoms with Crippen molar-refractivity contribution in [1.29, 1.82) is 0 Å². The van der Waals surface area contributed by atoms with Crippen LogP contribution < -0.4 is 19.5 Å². The maximum Gasteiger partial charge on any atom is 0.251 e. The number of fused-ring (bicyclic) bond motifs is 3. The standard InChI is InChI=1S/C31H40N2O5/c1-35-24-7-5-22(6-8-24)11-16-33-17-12-23(13-18-33)28-19-26-25(29(36-28)20-32-21-34)9-10-27-30(26)38-31(37-27)14-3-2-4-15-31/h5-10,21,23,28-29H,2-4,11-20H2,1H3,(H,32,34)/t28-,29-/m0/s1. The number of ether oxygens (including phenoxy) is 4. The molecule has 1 aliphatic carbocycles. The Balaban J connectivity index is 1.12. The van der Waals surface area contributed by atoms with E-state index in [4.69, 9.17) is 18.9 Å². The van der Waals surface area contributed by atoms with E-state index in [-0.39, 0.29) is 12.2 Å². The Hall–Kier alpha value is -2.77. The Morgan fingerprint density at radius 1 is 1.05 bits per heavy atom. The highest BCUT2D eigenvalue weighted by atomic mass is 16.7. The SMILES string of the molecule is COc1ccc(CCN2CCC([C@@H]3Cc4c(ccc5c4OC4(CCCCC4)O5)[C@H](CNC=O)O3)CC2)cc1. The smallest absolute Gasteiger partial charge is 0.251 e. The van der Waals surface area contributed by atoms with E-state index in [1.54, 1.807) is 7.11 Å². The third-order valence-corrected chi connectivity index (χ3v) is 8.97. The van der Waals surface area contributed by atoms with Crippen LogP contribution in [0.15, 0.2) is 36.4 Å². The van der Waals surface area contributed by atoms with Gasteiger partial charge in [0.05, 0.1) is 13.2 Å². The fourth-order valence-corrected chi connectivity index (χ4v) is 6.78. The average molecular weight is 521 g/mol. The summed E-state index contributed by atoms with van der Waals surface area (Å²) in [6, 6.07) is 12.6. The zero-order chi connectivity index (χ0) is 26.0. The van der Waals surface area contributed by atoms with Gasteiger partial charge in [0.2, 0.25) is 6.41 Å². The highest BCUT2D eigenvalue weighted by Gasteiger charge is 2.45. The lowest BCUT2D eigenvalue weighted by molar-refractivity contribution is -0.111. The summed E-state index contributed by atoms with van der Waals surface area (Å²) in [4.78, 5) is 13.7. The van der Waals surface area contributed by atoms with Crippen molar-refractivity contribution in [3.63, 3.8) is 0 Å². The van der Waals surface area contributed by atoms with Crippen molar-refractivity contribution < 1.29 is 23.7 Å². The van der Waals surface area contributed by atoms with Gasteiger partial charge in [-0.15, -0.1) is 0 Å². The zero-order valence-corrected chi connectivity index (χ0v) is 22.5. The number of rotatable bonds is 8. The van der Waals surface area contributed by atoms with Crippen LogP contribution in [0.1, 0.15) is 67.7 Å². The predicted molar refractivity (Wildman–Crippen MR) is 145 cm³/mol. The summed E-state index contributed by atoms with van der Waals surface area (Å²) in [6.45, 7) is 3.71. The number of carbonyl (C=O) groups is 1. The molecular formula is C31H40N2O5. The number of nitrogens with zero attached hydrogens (tertiary/aromatic N) is 1. The number of methoxy groups -OCH3 is 1. The molecule has 1 N–H and O–H groups in total. The summed E-state index contributed by atoms with van der Waals surface area (Å²) in [7, 11) is 1.70. The van der Waals surface area contributed by atoms with Gasteiger partial charge in [-0.25, -0.2) is 0 Å². The Labute approximate surface area is 225 Å². The van der Waals surface area contributed by atoms with Crippen LogP contribution in [-0.4, -0.2) is 56.5 Å². The summed E-state index contributed by atoms with van der Waals surface area (Å²) in [5, 5.41) is 2.86. The van der Waals surface area contributed by atoms with Gasteiger partial charge in [-0.2, -0.15) is 0 Å². The Morgan fingerprint density at radius 2 is 1.84 bits per heavy atom. The lowest BCUT2D eigenvalue weighted by atomic mass is 9.83. The van der Waals surface area contributed by atoms with Crippen LogP contribution in [0.2, 0.25) is 0 Å². The van der Waals surface area contributed by atoms with E-state index in [0.717, 1.165) is 100 Å². The molecule has 1 saturated heterocycles. The molecule has 2 aromatic carbocycles. The van der Waals surface area contributed by atoms with Gasteiger partial charge in [0.1, 0.15) is 11.9 Å². The first kappa shape index (κ1) is 25.5. The normalized spacial score (nSPS) is 24.7. The second-order valence-electron chi connectivity index (χ2n) is 11.3. The minimum absolute atomic E-state index is 0.114. The number of hydrogen-bond donors (Lipinski definition) is 1. The van der Waals surface area contributed by atoms with Gasteiger partial charge < -0.3 is 29.2 Å². The average Bonchev–Trinajstić information content (AvgIpc) is 3.33. The number of hydrogen-bond acceptors (Lipinski definition) is 6. The van der Waals surface area contributed by atoms with E-state index in [1.807, 2.05) is 18.2 Å². The zero-order valence-electron chi connectivity index (χ0n) is 22.5. The van der Waals surface area contributed by atoms with Crippen LogP contribution in [0, 0.1) is 5.92 Å². The molecule has 3 heterocycles. The minimum atomic E-state index is -0.491. The summed E-state index contributed by atoms with van der Waals surface area (Å²) < 4.78 is 25.1. The molecule has 0 bridgehead atoms. The van der Waals surface area contributed by atoms with Crippen molar-refractivity contribution in [2.45, 2.75) is 75.8 Å². The highest BCUT2D eigenvalue weighted by Crippen LogP contribution is 2.51. The monoisotopic (exact) mass is 520 g/mol. The lowest BCUT2D eigenvalue weighted by Gasteiger charge is -2.40. The van der Waals surface area contributed by atoms with E-state index in [9.17, 15) is 4.79 Å². The topological polar surface area (TPSA) is 69.3 Å². The summed E-state index contributed by atoms with van der Waals surface area (Å²) in [5.41, 5.74) is 3.70. The maximum atomic E-state index is 11.1. The van der Waals surface area contributed by atoms with Crippen molar-refractivity contribution in [3.8, 4) is 17.2 Å². The third kappa shape index (κ3) is 5.23. The summed E-state index contributed by atoms with van der Waals surface area (Å²) >= 11 is 0. The largest absolute Gasteiger partial charge is 0.497 e. The van der Waals surface area contributed by atoms with Crippen molar-refractivity contribution in [3.05, 3.63) is 53.1 Å². The molecule has 2 fully saturated rings. The second-order valence-corrected chi connectivity index (χ2v) is 11.3. The van der Waals surface area contributed by atoms with E-state index >= 15 is 0 Å². The minimum Gasteiger partial charge on any atom is -0.497 e. The van der Waals surface area contributed by atoms with Gasteiger partial charge in [0.15, 0.2) is 11.5 Å². The van der Waals surface area contributed by atoms with Crippen LogP contribution in [0.3, 0.4) is 0 Å². The quantitative estimate of drug-likeness (QED) is 0.504. The number of benzene rings is 2. The molecule has 7 nitrogen and oxygen atoms in total. The molecular weight excluding hydrogens is 480 g/mol. The summed E-state index contributed by atoms with van der Waals surface area (Å²) in [5.74, 6) is 2.70. The van der Waals surface area contributed by atoms with Crippen LogP contribution in [0.4, 0.5) is 0 Å². The first-order valence-electron chi connectivity index (χ1n) is 14.4. The van der Waals surface area contributed by atoms with Crippen LogP contribution >= 0.6 is 0 Å². The van der Waals surface area contributed by atoms with Gasteiger partial charge in [-0.1, -0.05) is 24.6 Å². The molecule has 7 heteroatoms. The van der Waals surface area contributed by atoms with E-state index < -0.39 is 5.79 Å². The van der Waals surface area contributed by atoms with Crippen molar-refractivity contribution >= 4 is 6.41 Å². The Bertz CT molecular complexity index is 1110. The molecule has 0 unspecified atom stereocenters. The predicted octanol–water partition coefficient (Wildman–Crippen LogP) is 4.81. The van der Waals surface area contributed by atoms with E-state index in [0.29, 0.717) is 12.5 Å². The van der Waals surface area contributed by atoms with Crippen molar-refractivity contribution in [2.24, 2.45) is 5.92 Å². The van der Waals surface area contributed by atoms with Crippen LogP contribution in [0.25, 0.3) is 0 Å². The van der Waals surface area contributed by atoms with Gasteiger partial charge >= 0.3 is 0 Å². The maximum absolute atomic E-state index is 11.1. The molecule has 0 aromatic heterocycles. The van der Waals surface area contributed by atoms with Crippen LogP contribution in [-0.2, 0) is 22.4 Å². The highest BCUT2D eigenvalue weighted by molar-refractivity contribution is 5.55. The van der Waals surface area contributed by atoms with E-state index in [2.05, 4.69) is 28.4 Å². The molecule has 4 aliphatic rings. The first-order chi connectivity index (χ1) is 18.7. The van der Waals surface area contributed by atoms with Gasteiger partial charge in [-0.3, -0.25) is 4.79 Å². The molecule has 1 spiro atoms. The number of piperidine rings is 1.